The van der Waals surface area contributed by atoms with Crippen LogP contribution >= 0.6 is 0 Å². The minimum Gasteiger partial charge on any atom is -0.383 e. The third-order valence-corrected chi connectivity index (χ3v) is 5.35. The van der Waals surface area contributed by atoms with Crippen LogP contribution in [-0.2, 0) is 6.54 Å². The van der Waals surface area contributed by atoms with Gasteiger partial charge in [-0.1, -0.05) is 43.0 Å². The molecule has 168 valence electrons. The molecule has 0 amide bonds. The lowest BCUT2D eigenvalue weighted by atomic mass is 9.98. The van der Waals surface area contributed by atoms with E-state index in [9.17, 15) is 0 Å². The second-order valence-corrected chi connectivity index (χ2v) is 7.69. The molecule has 0 aliphatic carbocycles. The number of aryl methyl sites for hydroxylation is 1. The minimum atomic E-state index is 0.512. The van der Waals surface area contributed by atoms with Crippen LogP contribution in [0.2, 0.25) is 0 Å². The number of H-pyrrole nitrogens is 1. The number of amidine groups is 1. The average Bonchev–Trinajstić information content (AvgIpc) is 3.16. The Hall–Kier alpha value is -3.99. The van der Waals surface area contributed by atoms with E-state index in [4.69, 9.17) is 5.73 Å². The molecule has 33 heavy (non-hydrogen) atoms. The Labute approximate surface area is 195 Å². The summed E-state index contributed by atoms with van der Waals surface area (Å²) in [4.78, 5) is 16.7. The largest absolute Gasteiger partial charge is 0.383 e. The number of hydrogen-bond donors (Lipinski definition) is 2. The summed E-state index contributed by atoms with van der Waals surface area (Å²) in [6.45, 7) is 8.37. The van der Waals surface area contributed by atoms with Gasteiger partial charge in [-0.15, -0.1) is 0 Å². The van der Waals surface area contributed by atoms with Crippen molar-refractivity contribution in [1.82, 2.24) is 9.97 Å². The van der Waals surface area contributed by atoms with Crippen LogP contribution in [0.15, 0.2) is 101 Å². The molecule has 0 aliphatic rings. The molecule has 0 aliphatic heterocycles. The van der Waals surface area contributed by atoms with E-state index in [1.165, 1.54) is 0 Å². The van der Waals surface area contributed by atoms with Gasteiger partial charge in [-0.25, -0.2) is 0 Å². The maximum absolute atomic E-state index is 6.34. The smallest absolute Gasteiger partial charge is 0.125 e. The van der Waals surface area contributed by atoms with E-state index >= 15 is 0 Å². The Morgan fingerprint density at radius 2 is 1.94 bits per heavy atom. The topological polar surface area (TPSA) is 79.4 Å². The first kappa shape index (κ1) is 23.7. The highest BCUT2D eigenvalue weighted by molar-refractivity contribution is 6.20. The van der Waals surface area contributed by atoms with Crippen LogP contribution < -0.4 is 5.73 Å². The number of pyridine rings is 1. The van der Waals surface area contributed by atoms with Gasteiger partial charge in [-0.05, 0) is 61.7 Å². The number of hydrogen-bond acceptors (Lipinski definition) is 3. The lowest BCUT2D eigenvalue weighted by Crippen LogP contribution is -2.13. The highest BCUT2D eigenvalue weighted by Crippen LogP contribution is 2.26. The van der Waals surface area contributed by atoms with Crippen molar-refractivity contribution in [2.24, 2.45) is 15.7 Å². The van der Waals surface area contributed by atoms with Gasteiger partial charge in [0.25, 0.3) is 0 Å². The second-order valence-electron chi connectivity index (χ2n) is 7.69. The molecule has 0 atom stereocenters. The fourth-order valence-corrected chi connectivity index (χ4v) is 3.67. The van der Waals surface area contributed by atoms with Gasteiger partial charge in [0, 0.05) is 47.2 Å². The van der Waals surface area contributed by atoms with Crippen LogP contribution in [-0.4, -0.2) is 28.6 Å². The number of benzene rings is 1. The molecule has 0 spiro atoms. The van der Waals surface area contributed by atoms with Gasteiger partial charge < -0.3 is 10.7 Å². The molecule has 5 nitrogen and oxygen atoms in total. The molecule has 5 heteroatoms. The minimum absolute atomic E-state index is 0.512. The Morgan fingerprint density at radius 1 is 1.15 bits per heavy atom. The predicted octanol–water partition coefficient (Wildman–Crippen LogP) is 5.83. The Balaban J connectivity index is 1.90. The molecular formula is C28H31N5. The second kappa shape index (κ2) is 11.6. The van der Waals surface area contributed by atoms with Gasteiger partial charge in [0.1, 0.15) is 5.84 Å². The number of fused-ring (bicyclic) bond motifs is 1. The molecule has 0 radical (unpaired) electrons. The molecule has 0 saturated carbocycles. The summed E-state index contributed by atoms with van der Waals surface area (Å²) in [6, 6.07) is 10.0. The number of allylic oxidation sites excluding steroid dienone is 7. The van der Waals surface area contributed by atoms with Gasteiger partial charge >= 0.3 is 0 Å². The van der Waals surface area contributed by atoms with Crippen molar-refractivity contribution in [3.63, 3.8) is 0 Å². The molecule has 0 unspecified atom stereocenters. The number of aliphatic imine (C=N–C) groups is 2. The third kappa shape index (κ3) is 6.04. The molecule has 0 saturated heterocycles. The fourth-order valence-electron chi connectivity index (χ4n) is 3.67. The molecule has 2 aromatic heterocycles. The highest BCUT2D eigenvalue weighted by Gasteiger charge is 2.16. The van der Waals surface area contributed by atoms with E-state index in [0.29, 0.717) is 12.4 Å². The monoisotopic (exact) mass is 437 g/mol. The Bertz CT molecular complexity index is 1250. The number of nitrogens with two attached hydrogens (primary N) is 1. The van der Waals surface area contributed by atoms with Crippen LogP contribution in [0.4, 0.5) is 0 Å². The number of nitrogens with zero attached hydrogens (tertiary/aromatic N) is 3. The van der Waals surface area contributed by atoms with Crippen molar-refractivity contribution >= 4 is 22.5 Å². The van der Waals surface area contributed by atoms with Gasteiger partial charge in [-0.3, -0.25) is 15.0 Å². The quantitative estimate of drug-likeness (QED) is 0.251. The molecule has 3 rings (SSSR count). The van der Waals surface area contributed by atoms with Gasteiger partial charge in [0.2, 0.25) is 0 Å². The predicted molar refractivity (Wildman–Crippen MR) is 141 cm³/mol. The average molecular weight is 438 g/mol. The van der Waals surface area contributed by atoms with Gasteiger partial charge in [0.15, 0.2) is 0 Å². The standard InChI is InChI=1S/C28H31N5/c1-5-6-7-8-9-10-11-20(2)27(30-4)26-21(3)33-25-13-12-23(18-24(25)26)28(29)32-19-22-14-16-31-17-15-22/h5-9,11-18,33H,1,10,19H2,2-4H3,(H2,29,32)/b7-6-,9-8-,20-11-,30-27?. The molecular weight excluding hydrogens is 406 g/mol. The number of aromatic amines is 1. The molecule has 3 aromatic rings. The van der Waals surface area contributed by atoms with E-state index in [-0.39, 0.29) is 0 Å². The van der Waals surface area contributed by atoms with Crippen molar-refractivity contribution in [1.29, 1.82) is 0 Å². The maximum Gasteiger partial charge on any atom is 0.125 e. The van der Waals surface area contributed by atoms with Crippen LogP contribution in [0.1, 0.15) is 35.7 Å². The van der Waals surface area contributed by atoms with Crippen LogP contribution in [0.25, 0.3) is 10.9 Å². The first-order chi connectivity index (χ1) is 16.0. The summed E-state index contributed by atoms with van der Waals surface area (Å²) in [7, 11) is 1.84. The summed E-state index contributed by atoms with van der Waals surface area (Å²) in [5, 5.41) is 1.09. The van der Waals surface area contributed by atoms with Crippen LogP contribution in [0.5, 0.6) is 0 Å². The van der Waals surface area contributed by atoms with E-state index in [1.807, 2.05) is 43.5 Å². The lowest BCUT2D eigenvalue weighted by Gasteiger charge is -2.08. The first-order valence-corrected chi connectivity index (χ1v) is 10.9. The summed E-state index contributed by atoms with van der Waals surface area (Å²) >= 11 is 0. The Kier molecular flexibility index (Phi) is 8.30. The van der Waals surface area contributed by atoms with Crippen LogP contribution in [0, 0.1) is 6.92 Å². The van der Waals surface area contributed by atoms with E-state index < -0.39 is 0 Å². The van der Waals surface area contributed by atoms with Crippen molar-refractivity contribution in [2.45, 2.75) is 26.8 Å². The Morgan fingerprint density at radius 3 is 2.67 bits per heavy atom. The maximum atomic E-state index is 6.34. The summed E-state index contributed by atoms with van der Waals surface area (Å²) in [5.74, 6) is 0.512. The summed E-state index contributed by atoms with van der Waals surface area (Å²) < 4.78 is 0. The number of nitrogens with one attached hydrogen (secondary N) is 1. The fraction of sp³-hybridized carbons (Fsp3) is 0.179. The van der Waals surface area contributed by atoms with Crippen molar-refractivity contribution in [2.75, 3.05) is 7.05 Å². The lowest BCUT2D eigenvalue weighted by molar-refractivity contribution is 1.05. The zero-order chi connectivity index (χ0) is 23.6. The number of aromatic nitrogens is 2. The molecule has 1 aromatic carbocycles. The molecule has 0 fully saturated rings. The van der Waals surface area contributed by atoms with Crippen molar-refractivity contribution in [3.05, 3.63) is 114 Å². The first-order valence-electron chi connectivity index (χ1n) is 10.9. The molecule has 3 N–H and O–H groups in total. The van der Waals surface area contributed by atoms with E-state index in [1.54, 1.807) is 18.5 Å². The van der Waals surface area contributed by atoms with Crippen molar-refractivity contribution < 1.29 is 0 Å². The summed E-state index contributed by atoms with van der Waals surface area (Å²) in [6.07, 6.45) is 16.3. The number of rotatable bonds is 9. The van der Waals surface area contributed by atoms with Crippen LogP contribution in [0.3, 0.4) is 0 Å². The van der Waals surface area contributed by atoms with Crippen molar-refractivity contribution in [3.8, 4) is 0 Å². The normalized spacial score (nSPS) is 13.5. The summed E-state index contributed by atoms with van der Waals surface area (Å²) in [5.41, 5.74) is 13.6. The third-order valence-electron chi connectivity index (χ3n) is 5.35. The molecule has 0 bridgehead atoms. The zero-order valence-electron chi connectivity index (χ0n) is 19.5. The SMILES string of the molecule is C=C/C=C\C=C/C/C=C(/C)C(=NC)c1c(C)[nH]c2ccc(C(N)=NCc3ccncc3)cc12. The zero-order valence-corrected chi connectivity index (χ0v) is 19.5. The van der Waals surface area contributed by atoms with Gasteiger partial charge in [-0.2, -0.15) is 0 Å². The highest BCUT2D eigenvalue weighted by atomic mass is 14.8. The van der Waals surface area contributed by atoms with Gasteiger partial charge in [0.05, 0.1) is 12.3 Å². The molecule has 2 heterocycles. The van der Waals surface area contributed by atoms with E-state index in [2.05, 4.69) is 64.7 Å². The van der Waals surface area contributed by atoms with E-state index in [0.717, 1.165) is 51.0 Å².